The molecule has 120 valence electrons. The Kier molecular flexibility index (Phi) is 3.44. The number of rotatable bonds is 2. The molecule has 2 aliphatic rings. The molecule has 23 heavy (non-hydrogen) atoms. The Morgan fingerprint density at radius 3 is 2.91 bits per heavy atom. The van der Waals surface area contributed by atoms with E-state index in [4.69, 9.17) is 9.47 Å². The van der Waals surface area contributed by atoms with Gasteiger partial charge in [-0.1, -0.05) is 0 Å². The van der Waals surface area contributed by atoms with E-state index >= 15 is 0 Å². The lowest BCUT2D eigenvalue weighted by molar-refractivity contribution is 0.0789. The summed E-state index contributed by atoms with van der Waals surface area (Å²) in [6, 6.07) is 5.41. The first-order chi connectivity index (χ1) is 11.2. The molecule has 1 amide bonds. The van der Waals surface area contributed by atoms with E-state index in [9.17, 15) is 4.79 Å². The molecule has 0 bridgehead atoms. The normalized spacial score (nSPS) is 19.9. The number of nitrogens with one attached hydrogen (secondary N) is 1. The largest absolute Gasteiger partial charge is 0.486 e. The van der Waals surface area contributed by atoms with Crippen molar-refractivity contribution in [3.05, 3.63) is 41.2 Å². The average molecular weight is 313 g/mol. The summed E-state index contributed by atoms with van der Waals surface area (Å²) in [5.74, 6) is 1.74. The second-order valence-electron chi connectivity index (χ2n) is 6.06. The first-order valence-corrected chi connectivity index (χ1v) is 7.91. The van der Waals surface area contributed by atoms with E-state index in [1.165, 1.54) is 0 Å². The van der Waals surface area contributed by atoms with Crippen LogP contribution in [0, 0.1) is 6.92 Å². The summed E-state index contributed by atoms with van der Waals surface area (Å²) in [4.78, 5) is 14.6. The van der Waals surface area contributed by atoms with E-state index < -0.39 is 0 Å². The number of fused-ring (bicyclic) bond motifs is 1. The highest BCUT2D eigenvalue weighted by Gasteiger charge is 2.30. The third kappa shape index (κ3) is 2.54. The van der Waals surface area contributed by atoms with Gasteiger partial charge in [-0.15, -0.1) is 0 Å². The van der Waals surface area contributed by atoms with E-state index in [0.717, 1.165) is 30.8 Å². The summed E-state index contributed by atoms with van der Waals surface area (Å²) in [6.07, 6.45) is 2.79. The number of H-pyrrole nitrogens is 1. The molecule has 6 nitrogen and oxygen atoms in total. The second kappa shape index (κ2) is 5.61. The number of nitrogens with zero attached hydrogens (tertiary/aromatic N) is 2. The van der Waals surface area contributed by atoms with E-state index in [2.05, 4.69) is 10.2 Å². The molecule has 0 saturated carbocycles. The highest BCUT2D eigenvalue weighted by molar-refractivity contribution is 5.95. The van der Waals surface area contributed by atoms with Crippen LogP contribution in [0.3, 0.4) is 0 Å². The molecule has 0 unspecified atom stereocenters. The third-order valence-corrected chi connectivity index (χ3v) is 4.54. The fourth-order valence-electron chi connectivity index (χ4n) is 3.31. The van der Waals surface area contributed by atoms with Gasteiger partial charge in [-0.3, -0.25) is 9.89 Å². The Morgan fingerprint density at radius 1 is 1.30 bits per heavy atom. The summed E-state index contributed by atoms with van der Waals surface area (Å²) in [5.41, 5.74) is 2.95. The van der Waals surface area contributed by atoms with Crippen molar-refractivity contribution in [1.29, 1.82) is 0 Å². The number of aromatic nitrogens is 2. The van der Waals surface area contributed by atoms with Gasteiger partial charge in [0.1, 0.15) is 13.2 Å². The molecule has 0 aliphatic carbocycles. The van der Waals surface area contributed by atoms with Crippen LogP contribution in [0.5, 0.6) is 11.5 Å². The predicted molar refractivity (Wildman–Crippen MR) is 84.0 cm³/mol. The van der Waals surface area contributed by atoms with Gasteiger partial charge < -0.3 is 14.4 Å². The maximum atomic E-state index is 12.7. The van der Waals surface area contributed by atoms with E-state index in [1.807, 2.05) is 30.2 Å². The molecular weight excluding hydrogens is 294 g/mol. The number of likely N-dealkylation sites (tertiary alicyclic amines) is 1. The van der Waals surface area contributed by atoms with Gasteiger partial charge in [-0.2, -0.15) is 5.10 Å². The summed E-state index contributed by atoms with van der Waals surface area (Å²) >= 11 is 0. The molecule has 3 heterocycles. The maximum Gasteiger partial charge on any atom is 0.254 e. The molecule has 0 radical (unpaired) electrons. The van der Waals surface area contributed by atoms with Crippen molar-refractivity contribution in [2.75, 3.05) is 26.3 Å². The van der Waals surface area contributed by atoms with Crippen LogP contribution in [-0.2, 0) is 0 Å². The Labute approximate surface area is 134 Å². The fraction of sp³-hybridized carbons (Fsp3) is 0.412. The van der Waals surface area contributed by atoms with Crippen LogP contribution in [0.1, 0.15) is 34.0 Å². The molecule has 4 rings (SSSR count). The minimum absolute atomic E-state index is 0.0432. The van der Waals surface area contributed by atoms with Crippen LogP contribution in [0.25, 0.3) is 0 Å². The number of benzene rings is 1. The Bertz CT molecular complexity index is 740. The van der Waals surface area contributed by atoms with Gasteiger partial charge in [0.15, 0.2) is 11.5 Å². The third-order valence-electron chi connectivity index (χ3n) is 4.54. The van der Waals surface area contributed by atoms with Crippen molar-refractivity contribution in [3.8, 4) is 11.5 Å². The number of hydrogen-bond acceptors (Lipinski definition) is 4. The Hall–Kier alpha value is -2.50. The Morgan fingerprint density at radius 2 is 2.13 bits per heavy atom. The lowest BCUT2D eigenvalue weighted by Crippen LogP contribution is -2.28. The van der Waals surface area contributed by atoms with Crippen LogP contribution in [0.4, 0.5) is 0 Å². The van der Waals surface area contributed by atoms with Gasteiger partial charge in [0.05, 0.1) is 6.20 Å². The zero-order chi connectivity index (χ0) is 15.8. The van der Waals surface area contributed by atoms with Crippen molar-refractivity contribution in [1.82, 2.24) is 15.1 Å². The lowest BCUT2D eigenvalue weighted by Gasteiger charge is -2.20. The number of carbonyl (C=O) groups excluding carboxylic acids is 1. The van der Waals surface area contributed by atoms with Gasteiger partial charge >= 0.3 is 0 Å². The highest BCUT2D eigenvalue weighted by Crippen LogP contribution is 2.33. The number of ether oxygens (including phenoxy) is 2. The molecule has 1 aromatic heterocycles. The first-order valence-electron chi connectivity index (χ1n) is 7.91. The molecule has 1 fully saturated rings. The zero-order valence-corrected chi connectivity index (χ0v) is 13.0. The van der Waals surface area contributed by atoms with E-state index in [0.29, 0.717) is 36.2 Å². The predicted octanol–water partition coefficient (Wildman–Crippen LogP) is 2.12. The minimum Gasteiger partial charge on any atom is -0.486 e. The van der Waals surface area contributed by atoms with Gasteiger partial charge in [-0.05, 0) is 37.1 Å². The standard InChI is InChI=1S/C17H19N3O3/c1-11-9-18-19-16(11)13-4-5-20(10-13)17(21)12-2-3-14-15(8-12)23-7-6-22-14/h2-3,8-9,13H,4-7,10H2,1H3,(H,18,19)/t13-/m0/s1. The number of amides is 1. The molecule has 2 aliphatic heterocycles. The molecule has 1 aromatic carbocycles. The molecule has 1 saturated heterocycles. The number of hydrogen-bond donors (Lipinski definition) is 1. The SMILES string of the molecule is Cc1cn[nH]c1[C@H]1CCN(C(=O)c2ccc3c(c2)OCCO3)C1. The maximum absolute atomic E-state index is 12.7. The van der Waals surface area contributed by atoms with Crippen LogP contribution < -0.4 is 9.47 Å². The molecule has 1 atom stereocenters. The van der Waals surface area contributed by atoms with Crippen LogP contribution in [0.2, 0.25) is 0 Å². The van der Waals surface area contributed by atoms with Crippen LogP contribution in [-0.4, -0.2) is 47.3 Å². The summed E-state index contributed by atoms with van der Waals surface area (Å²) in [6.45, 7) is 4.60. The van der Waals surface area contributed by atoms with Gasteiger partial charge in [0.25, 0.3) is 5.91 Å². The van der Waals surface area contributed by atoms with Crippen molar-refractivity contribution in [2.24, 2.45) is 0 Å². The zero-order valence-electron chi connectivity index (χ0n) is 13.0. The van der Waals surface area contributed by atoms with Gasteiger partial charge in [0.2, 0.25) is 0 Å². The van der Waals surface area contributed by atoms with Crippen molar-refractivity contribution in [3.63, 3.8) is 0 Å². The average Bonchev–Trinajstić information content (AvgIpc) is 3.22. The van der Waals surface area contributed by atoms with Crippen molar-refractivity contribution < 1.29 is 14.3 Å². The number of aryl methyl sites for hydroxylation is 1. The summed E-state index contributed by atoms with van der Waals surface area (Å²) in [7, 11) is 0. The number of carbonyl (C=O) groups is 1. The number of aromatic amines is 1. The monoisotopic (exact) mass is 313 g/mol. The quantitative estimate of drug-likeness (QED) is 0.922. The van der Waals surface area contributed by atoms with Crippen molar-refractivity contribution >= 4 is 5.91 Å². The summed E-state index contributed by atoms with van der Waals surface area (Å²) in [5, 5.41) is 7.15. The molecule has 1 N–H and O–H groups in total. The highest BCUT2D eigenvalue weighted by atomic mass is 16.6. The molecule has 6 heteroatoms. The van der Waals surface area contributed by atoms with Gasteiger partial charge in [0, 0.05) is 30.3 Å². The molecular formula is C17H19N3O3. The van der Waals surface area contributed by atoms with E-state index in [-0.39, 0.29) is 5.91 Å². The van der Waals surface area contributed by atoms with Crippen LogP contribution in [0.15, 0.2) is 24.4 Å². The fourth-order valence-corrected chi connectivity index (χ4v) is 3.31. The smallest absolute Gasteiger partial charge is 0.254 e. The molecule has 0 spiro atoms. The second-order valence-corrected chi connectivity index (χ2v) is 6.06. The topological polar surface area (TPSA) is 67.5 Å². The van der Waals surface area contributed by atoms with Gasteiger partial charge in [-0.25, -0.2) is 0 Å². The first kappa shape index (κ1) is 14.1. The minimum atomic E-state index is 0.0432. The van der Waals surface area contributed by atoms with Crippen molar-refractivity contribution in [2.45, 2.75) is 19.3 Å². The van der Waals surface area contributed by atoms with Crippen LogP contribution >= 0.6 is 0 Å². The lowest BCUT2D eigenvalue weighted by atomic mass is 10.0. The summed E-state index contributed by atoms with van der Waals surface area (Å²) < 4.78 is 11.1. The Balaban J connectivity index is 1.51. The van der Waals surface area contributed by atoms with E-state index in [1.54, 1.807) is 6.07 Å². The molecule has 2 aromatic rings.